The molecule has 0 aliphatic heterocycles. The van der Waals surface area contributed by atoms with Crippen molar-refractivity contribution in [3.63, 3.8) is 0 Å². The molecule has 0 aliphatic carbocycles. The van der Waals surface area contributed by atoms with E-state index in [0.717, 1.165) is 16.7 Å². The van der Waals surface area contributed by atoms with Gasteiger partial charge in [0.15, 0.2) is 5.96 Å². The van der Waals surface area contributed by atoms with Crippen LogP contribution in [0.1, 0.15) is 44.0 Å². The van der Waals surface area contributed by atoms with Gasteiger partial charge in [0.05, 0.1) is 18.0 Å². The number of hydrogen-bond acceptors (Lipinski definition) is 6. The largest absolute Gasteiger partial charge is 0.375 e. The van der Waals surface area contributed by atoms with Gasteiger partial charge in [0.1, 0.15) is 20.9 Å². The predicted molar refractivity (Wildman–Crippen MR) is 124 cm³/mol. The maximum Gasteiger partial charge on any atom is 0.193 e. The summed E-state index contributed by atoms with van der Waals surface area (Å²) in [5, 5.41) is 6.33. The van der Waals surface area contributed by atoms with Crippen LogP contribution in [0.25, 0.3) is 0 Å². The molecule has 1 heterocycles. The summed E-state index contributed by atoms with van der Waals surface area (Å²) in [5.74, 6) is 0.946. The minimum absolute atomic E-state index is 0. The molecule has 0 spiro atoms. The van der Waals surface area contributed by atoms with E-state index in [-0.39, 0.29) is 41.2 Å². The molecule has 0 aliphatic rings. The summed E-state index contributed by atoms with van der Waals surface area (Å²) in [5.41, 5.74) is 0.817. The van der Waals surface area contributed by atoms with Crippen molar-refractivity contribution in [1.29, 1.82) is 0 Å². The maximum atomic E-state index is 11.4. The lowest BCUT2D eigenvalue weighted by molar-refractivity contribution is 0.119. The minimum Gasteiger partial charge on any atom is -0.375 e. The number of ether oxygens (including phenoxy) is 1. The average molecular weight is 533 g/mol. The predicted octanol–water partition coefficient (Wildman–Crippen LogP) is 2.94. The molecular formula is C17H33IN4O3S2. The molecule has 1 N–H and O–H groups in total. The van der Waals surface area contributed by atoms with E-state index in [9.17, 15) is 8.42 Å². The summed E-state index contributed by atoms with van der Waals surface area (Å²) in [4.78, 5) is 10.9. The Morgan fingerprint density at radius 2 is 2.11 bits per heavy atom. The quantitative estimate of drug-likeness (QED) is 0.299. The van der Waals surface area contributed by atoms with Gasteiger partial charge in [-0.3, -0.25) is 4.99 Å². The summed E-state index contributed by atoms with van der Waals surface area (Å²) < 4.78 is 28.1. The first-order valence-corrected chi connectivity index (χ1v) is 11.5. The fraction of sp³-hybridized carbons (Fsp3) is 0.765. The monoisotopic (exact) mass is 532 g/mol. The zero-order chi connectivity index (χ0) is 20.0. The Bertz CT molecular complexity index is 705. The molecule has 0 saturated heterocycles. The molecule has 0 bridgehead atoms. The second kappa shape index (κ2) is 11.5. The van der Waals surface area contributed by atoms with Crippen LogP contribution in [0.5, 0.6) is 0 Å². The second-order valence-electron chi connectivity index (χ2n) is 7.36. The Morgan fingerprint density at radius 3 is 2.63 bits per heavy atom. The van der Waals surface area contributed by atoms with Crippen LogP contribution in [0.15, 0.2) is 10.4 Å². The van der Waals surface area contributed by atoms with Gasteiger partial charge in [-0.2, -0.15) is 0 Å². The molecule has 0 amide bonds. The third-order valence-corrected chi connectivity index (χ3v) is 6.12. The number of nitrogens with one attached hydrogen (secondary N) is 1. The Hall–Kier alpha value is -0.460. The molecule has 0 aromatic carbocycles. The van der Waals surface area contributed by atoms with Gasteiger partial charge in [0.2, 0.25) is 0 Å². The zero-order valence-corrected chi connectivity index (χ0v) is 21.2. The van der Waals surface area contributed by atoms with Crippen molar-refractivity contribution in [2.75, 3.05) is 39.8 Å². The molecule has 1 unspecified atom stereocenters. The van der Waals surface area contributed by atoms with Crippen LogP contribution in [0.3, 0.4) is 0 Å². The molecule has 1 aromatic rings. The number of halogens is 1. The number of nitrogens with zero attached hydrogens (tertiary/aromatic N) is 3. The van der Waals surface area contributed by atoms with E-state index in [1.807, 2.05) is 24.3 Å². The zero-order valence-electron chi connectivity index (χ0n) is 17.3. The van der Waals surface area contributed by atoms with Crippen molar-refractivity contribution in [3.05, 3.63) is 16.1 Å². The van der Waals surface area contributed by atoms with Crippen molar-refractivity contribution >= 4 is 51.1 Å². The Morgan fingerprint density at radius 1 is 1.48 bits per heavy atom. The van der Waals surface area contributed by atoms with Gasteiger partial charge >= 0.3 is 0 Å². The summed E-state index contributed by atoms with van der Waals surface area (Å²) in [6, 6.07) is 0. The molecule has 27 heavy (non-hydrogen) atoms. The van der Waals surface area contributed by atoms with Crippen molar-refractivity contribution in [3.8, 4) is 0 Å². The van der Waals surface area contributed by atoms with E-state index < -0.39 is 9.84 Å². The normalized spacial score (nSPS) is 13.8. The van der Waals surface area contributed by atoms with Gasteiger partial charge in [-0.1, -0.05) is 13.8 Å². The molecule has 158 valence electrons. The summed E-state index contributed by atoms with van der Waals surface area (Å²) in [6.07, 6.45) is 1.87. The van der Waals surface area contributed by atoms with Gasteiger partial charge in [-0.05, 0) is 18.8 Å². The highest BCUT2D eigenvalue weighted by molar-refractivity contribution is 14.0. The van der Waals surface area contributed by atoms with Gasteiger partial charge in [0, 0.05) is 39.4 Å². The third kappa shape index (κ3) is 10.0. The highest BCUT2D eigenvalue weighted by Gasteiger charge is 2.21. The van der Waals surface area contributed by atoms with Gasteiger partial charge in [-0.15, -0.1) is 35.3 Å². The Balaban J connectivity index is 0.00000676. The van der Waals surface area contributed by atoms with E-state index in [2.05, 4.69) is 29.1 Å². The fourth-order valence-electron chi connectivity index (χ4n) is 2.25. The Labute approximate surface area is 184 Å². The number of hydrogen-bond donors (Lipinski definition) is 1. The number of methoxy groups -OCH3 is 1. The van der Waals surface area contributed by atoms with Crippen molar-refractivity contribution < 1.29 is 13.2 Å². The molecule has 7 nitrogen and oxygen atoms in total. The van der Waals surface area contributed by atoms with Crippen LogP contribution in [0.4, 0.5) is 0 Å². The molecule has 1 atom stereocenters. The van der Waals surface area contributed by atoms with Crippen molar-refractivity contribution in [2.24, 2.45) is 10.4 Å². The number of guanidine groups is 1. The first-order valence-electron chi connectivity index (χ1n) is 8.54. The summed E-state index contributed by atoms with van der Waals surface area (Å²) in [6.45, 7) is 7.36. The summed E-state index contributed by atoms with van der Waals surface area (Å²) >= 11 is 1.59. The van der Waals surface area contributed by atoms with Gasteiger partial charge in [-0.25, -0.2) is 13.4 Å². The highest BCUT2D eigenvalue weighted by Crippen LogP contribution is 2.22. The number of rotatable bonds is 9. The lowest BCUT2D eigenvalue weighted by Crippen LogP contribution is -2.43. The van der Waals surface area contributed by atoms with Gasteiger partial charge in [0.25, 0.3) is 0 Å². The topological polar surface area (TPSA) is 83.9 Å². The van der Waals surface area contributed by atoms with Crippen molar-refractivity contribution in [2.45, 2.75) is 39.8 Å². The molecular weight excluding hydrogens is 499 g/mol. The van der Waals surface area contributed by atoms with E-state index in [1.54, 1.807) is 25.5 Å². The van der Waals surface area contributed by atoms with E-state index in [1.165, 1.54) is 6.26 Å². The lowest BCUT2D eigenvalue weighted by atomic mass is 9.90. The minimum atomic E-state index is -2.95. The third-order valence-electron chi connectivity index (χ3n) is 4.12. The van der Waals surface area contributed by atoms with Crippen LogP contribution >= 0.6 is 35.3 Å². The lowest BCUT2D eigenvalue weighted by Gasteiger charge is -2.28. The molecule has 1 rings (SSSR count). The molecule has 0 fully saturated rings. The first-order chi connectivity index (χ1) is 12.0. The number of aromatic nitrogens is 1. The number of aliphatic imine (C=N–C) groups is 1. The molecule has 10 heteroatoms. The van der Waals surface area contributed by atoms with Crippen molar-refractivity contribution in [1.82, 2.24) is 15.2 Å². The first kappa shape index (κ1) is 26.5. The fourth-order valence-corrected chi connectivity index (χ4v) is 4.02. The molecule has 1 aromatic heterocycles. The van der Waals surface area contributed by atoms with Crippen LogP contribution < -0.4 is 5.32 Å². The van der Waals surface area contributed by atoms with E-state index in [0.29, 0.717) is 19.5 Å². The van der Waals surface area contributed by atoms with E-state index in [4.69, 9.17) is 4.74 Å². The van der Waals surface area contributed by atoms with E-state index >= 15 is 0 Å². The average Bonchev–Trinajstić information content (AvgIpc) is 3.00. The standard InChI is InChI=1S/C17H32N4O3S2.HI/c1-13(24-6)15-20-14(11-25-15)10-21(5)16(18-4)19-12-17(2,3)8-9-26(7,22)23;/h11,13H,8-10,12H2,1-7H3,(H,18,19);1H. The second-order valence-corrected chi connectivity index (χ2v) is 10.5. The maximum absolute atomic E-state index is 11.4. The highest BCUT2D eigenvalue weighted by atomic mass is 127. The SMILES string of the molecule is CN=C(NCC(C)(C)CCS(C)(=O)=O)N(C)Cc1csc(C(C)OC)n1.I. The van der Waals surface area contributed by atoms with Crippen LogP contribution in [0, 0.1) is 5.41 Å². The number of sulfone groups is 1. The molecule has 0 radical (unpaired) electrons. The Kier molecular flexibility index (Phi) is 11.3. The van der Waals surface area contributed by atoms with Crippen LogP contribution in [0.2, 0.25) is 0 Å². The smallest absolute Gasteiger partial charge is 0.193 e. The summed E-state index contributed by atoms with van der Waals surface area (Å²) in [7, 11) is 2.42. The molecule has 0 saturated carbocycles. The van der Waals surface area contributed by atoms with Crippen LogP contribution in [-0.2, 0) is 21.1 Å². The van der Waals surface area contributed by atoms with Gasteiger partial charge < -0.3 is 15.0 Å². The number of thiazole rings is 1. The van der Waals surface area contributed by atoms with Crippen LogP contribution in [-0.4, -0.2) is 64.0 Å².